The summed E-state index contributed by atoms with van der Waals surface area (Å²) in [4.78, 5) is 21.5. The fourth-order valence-corrected chi connectivity index (χ4v) is 4.42. The summed E-state index contributed by atoms with van der Waals surface area (Å²) in [5.74, 6) is 0.364. The second-order valence-electron chi connectivity index (χ2n) is 7.93. The number of ether oxygens (including phenoxy) is 2. The Bertz CT molecular complexity index is 822. The van der Waals surface area contributed by atoms with Crippen LogP contribution in [0.25, 0.3) is 0 Å². The van der Waals surface area contributed by atoms with Crippen molar-refractivity contribution < 1.29 is 19.4 Å². The zero-order chi connectivity index (χ0) is 20.9. The predicted octanol–water partition coefficient (Wildman–Crippen LogP) is 2.37. The monoisotopic (exact) mass is 411 g/mol. The summed E-state index contributed by atoms with van der Waals surface area (Å²) >= 11 is 0. The van der Waals surface area contributed by atoms with Gasteiger partial charge in [-0.05, 0) is 48.2 Å². The maximum absolute atomic E-state index is 13.0. The number of benzene rings is 1. The van der Waals surface area contributed by atoms with E-state index in [9.17, 15) is 9.90 Å². The van der Waals surface area contributed by atoms with Gasteiger partial charge in [0, 0.05) is 45.2 Å². The summed E-state index contributed by atoms with van der Waals surface area (Å²) in [6.07, 6.45) is 4.97. The van der Waals surface area contributed by atoms with E-state index in [0.29, 0.717) is 13.2 Å². The van der Waals surface area contributed by atoms with Crippen LogP contribution in [0.2, 0.25) is 0 Å². The number of likely N-dealkylation sites (tertiary alicyclic amines) is 2. The first-order chi connectivity index (χ1) is 14.7. The molecular weight excluding hydrogens is 382 g/mol. The van der Waals surface area contributed by atoms with Crippen LogP contribution in [0.5, 0.6) is 5.75 Å². The first kappa shape index (κ1) is 20.8. The van der Waals surface area contributed by atoms with Crippen LogP contribution in [0, 0.1) is 0 Å². The SMILES string of the molecule is COCCOC1C(=O)N(C2CCN(Cc3ccc(O)cc3)CC2)C1c1ccncc1. The van der Waals surface area contributed by atoms with E-state index in [1.54, 1.807) is 31.6 Å². The molecule has 2 aliphatic heterocycles. The molecule has 4 rings (SSSR count). The fraction of sp³-hybridized carbons (Fsp3) is 0.478. The van der Waals surface area contributed by atoms with E-state index in [4.69, 9.17) is 9.47 Å². The standard InChI is InChI=1S/C23H29N3O4/c1-29-14-15-30-22-21(18-6-10-24-11-7-18)26(23(22)28)19-8-12-25(13-9-19)16-17-2-4-20(27)5-3-17/h2-7,10-11,19,21-22,27H,8-9,12-16H2,1H3. The van der Waals surface area contributed by atoms with Crippen molar-refractivity contribution in [2.24, 2.45) is 0 Å². The van der Waals surface area contributed by atoms with Gasteiger partial charge < -0.3 is 19.5 Å². The molecule has 7 heteroatoms. The van der Waals surface area contributed by atoms with Crippen molar-refractivity contribution in [1.82, 2.24) is 14.8 Å². The highest BCUT2D eigenvalue weighted by molar-refractivity contribution is 5.89. The number of nitrogens with zero attached hydrogens (tertiary/aromatic N) is 3. The quantitative estimate of drug-likeness (QED) is 0.531. The number of hydrogen-bond acceptors (Lipinski definition) is 6. The molecule has 1 N–H and O–H groups in total. The molecule has 2 saturated heterocycles. The van der Waals surface area contributed by atoms with E-state index in [2.05, 4.69) is 9.88 Å². The lowest BCUT2D eigenvalue weighted by Gasteiger charge is -2.52. The van der Waals surface area contributed by atoms with Crippen molar-refractivity contribution in [1.29, 1.82) is 0 Å². The van der Waals surface area contributed by atoms with Gasteiger partial charge in [-0.25, -0.2) is 0 Å². The average molecular weight is 412 g/mol. The van der Waals surface area contributed by atoms with Gasteiger partial charge >= 0.3 is 0 Å². The van der Waals surface area contributed by atoms with Crippen molar-refractivity contribution in [2.75, 3.05) is 33.4 Å². The maximum Gasteiger partial charge on any atom is 0.255 e. The molecule has 7 nitrogen and oxygen atoms in total. The Morgan fingerprint density at radius 2 is 1.77 bits per heavy atom. The molecule has 1 aromatic carbocycles. The third-order valence-corrected chi connectivity index (χ3v) is 6.01. The highest BCUT2D eigenvalue weighted by atomic mass is 16.5. The molecule has 160 valence electrons. The minimum Gasteiger partial charge on any atom is -0.508 e. The van der Waals surface area contributed by atoms with Crippen LogP contribution in [0.4, 0.5) is 0 Å². The van der Waals surface area contributed by atoms with Crippen molar-refractivity contribution >= 4 is 5.91 Å². The van der Waals surface area contributed by atoms with Gasteiger partial charge in [-0.3, -0.25) is 14.7 Å². The normalized spacial score (nSPS) is 22.8. The number of amides is 1. The summed E-state index contributed by atoms with van der Waals surface area (Å²) in [5.41, 5.74) is 2.26. The molecule has 0 radical (unpaired) electrons. The van der Waals surface area contributed by atoms with Gasteiger partial charge in [-0.1, -0.05) is 12.1 Å². The second-order valence-corrected chi connectivity index (χ2v) is 7.93. The number of β-lactam (4-membered cyclic amide) rings is 1. The van der Waals surface area contributed by atoms with Crippen molar-refractivity contribution in [3.05, 3.63) is 59.9 Å². The van der Waals surface area contributed by atoms with E-state index in [0.717, 1.165) is 38.0 Å². The number of carbonyl (C=O) groups is 1. The van der Waals surface area contributed by atoms with Crippen molar-refractivity contribution in [3.8, 4) is 5.75 Å². The number of methoxy groups -OCH3 is 1. The number of pyridine rings is 1. The number of aromatic nitrogens is 1. The topological polar surface area (TPSA) is 75.1 Å². The van der Waals surface area contributed by atoms with Gasteiger partial charge in [0.25, 0.3) is 5.91 Å². The molecule has 0 saturated carbocycles. The zero-order valence-corrected chi connectivity index (χ0v) is 17.3. The molecule has 30 heavy (non-hydrogen) atoms. The van der Waals surface area contributed by atoms with Crippen LogP contribution in [-0.2, 0) is 20.8 Å². The summed E-state index contributed by atoms with van der Waals surface area (Å²) in [6, 6.07) is 11.5. The number of phenolic OH excluding ortho intramolecular Hbond substituents is 1. The number of phenols is 1. The van der Waals surface area contributed by atoms with Crippen molar-refractivity contribution in [2.45, 2.75) is 37.6 Å². The van der Waals surface area contributed by atoms with E-state index >= 15 is 0 Å². The molecule has 0 spiro atoms. The number of piperidine rings is 1. The third kappa shape index (κ3) is 4.48. The molecule has 1 aromatic heterocycles. The molecule has 3 heterocycles. The van der Waals surface area contributed by atoms with Gasteiger partial charge in [0.05, 0.1) is 19.3 Å². The Labute approximate surface area is 177 Å². The Kier molecular flexibility index (Phi) is 6.62. The lowest BCUT2D eigenvalue weighted by atomic mass is 9.86. The van der Waals surface area contributed by atoms with Crippen LogP contribution < -0.4 is 0 Å². The largest absolute Gasteiger partial charge is 0.508 e. The van der Waals surface area contributed by atoms with Gasteiger partial charge in [-0.2, -0.15) is 0 Å². The van der Waals surface area contributed by atoms with Crippen molar-refractivity contribution in [3.63, 3.8) is 0 Å². The molecule has 0 bridgehead atoms. The average Bonchev–Trinajstić information content (AvgIpc) is 2.78. The van der Waals surface area contributed by atoms with E-state index in [-0.39, 0.29) is 23.7 Å². The van der Waals surface area contributed by atoms with Crippen LogP contribution >= 0.6 is 0 Å². The minimum atomic E-state index is -0.447. The van der Waals surface area contributed by atoms with Crippen LogP contribution in [0.15, 0.2) is 48.8 Å². The van der Waals surface area contributed by atoms with Crippen LogP contribution in [-0.4, -0.2) is 71.4 Å². The van der Waals surface area contributed by atoms with Crippen LogP contribution in [0.3, 0.4) is 0 Å². The summed E-state index contributed by atoms with van der Waals surface area (Å²) in [5, 5.41) is 9.45. The first-order valence-corrected chi connectivity index (χ1v) is 10.5. The molecule has 0 aliphatic carbocycles. The Hall–Kier alpha value is -2.48. The second kappa shape index (κ2) is 9.55. The Balaban J connectivity index is 1.39. The summed E-state index contributed by atoms with van der Waals surface area (Å²) in [6.45, 7) is 3.62. The number of hydrogen-bond donors (Lipinski definition) is 1. The summed E-state index contributed by atoms with van der Waals surface area (Å²) < 4.78 is 10.9. The highest BCUT2D eigenvalue weighted by Gasteiger charge is 2.52. The third-order valence-electron chi connectivity index (χ3n) is 6.01. The number of aromatic hydroxyl groups is 1. The smallest absolute Gasteiger partial charge is 0.255 e. The van der Waals surface area contributed by atoms with E-state index < -0.39 is 6.10 Å². The highest BCUT2D eigenvalue weighted by Crippen LogP contribution is 2.40. The van der Waals surface area contributed by atoms with Gasteiger partial charge in [0.2, 0.25) is 0 Å². The fourth-order valence-electron chi connectivity index (χ4n) is 4.42. The minimum absolute atomic E-state index is 0.0639. The maximum atomic E-state index is 13.0. The Morgan fingerprint density at radius 1 is 1.07 bits per heavy atom. The zero-order valence-electron chi connectivity index (χ0n) is 17.3. The van der Waals surface area contributed by atoms with Gasteiger partial charge in [0.1, 0.15) is 5.75 Å². The molecule has 2 aliphatic rings. The van der Waals surface area contributed by atoms with Gasteiger partial charge in [0.15, 0.2) is 6.10 Å². The van der Waals surface area contributed by atoms with E-state index in [1.165, 1.54) is 5.56 Å². The molecule has 1 amide bonds. The molecular formula is C23H29N3O4. The first-order valence-electron chi connectivity index (χ1n) is 10.5. The predicted molar refractivity (Wildman–Crippen MR) is 112 cm³/mol. The molecule has 2 aromatic rings. The number of carbonyl (C=O) groups excluding carboxylic acids is 1. The molecule has 2 fully saturated rings. The number of rotatable bonds is 8. The van der Waals surface area contributed by atoms with Crippen LogP contribution in [0.1, 0.15) is 30.0 Å². The lowest BCUT2D eigenvalue weighted by molar-refractivity contribution is -0.184. The van der Waals surface area contributed by atoms with Gasteiger partial charge in [-0.15, -0.1) is 0 Å². The summed E-state index contributed by atoms with van der Waals surface area (Å²) in [7, 11) is 1.63. The molecule has 2 atom stereocenters. The Morgan fingerprint density at radius 3 is 2.43 bits per heavy atom. The molecule has 2 unspecified atom stereocenters. The lowest BCUT2D eigenvalue weighted by Crippen LogP contribution is -2.64. The van der Waals surface area contributed by atoms with E-state index in [1.807, 2.05) is 29.2 Å².